The van der Waals surface area contributed by atoms with Gasteiger partial charge in [-0.25, -0.2) is 0 Å². The van der Waals surface area contributed by atoms with Gasteiger partial charge in [-0.3, -0.25) is 0 Å². The molecule has 0 spiro atoms. The molecular weight excluding hydrogens is 232 g/mol. The number of unbranched alkanes of at least 4 members (excludes halogenated alkanes) is 3. The van der Waals surface area contributed by atoms with Gasteiger partial charge in [-0.05, 0) is 30.5 Å². The lowest BCUT2D eigenvalue weighted by Crippen LogP contribution is -2.16. The van der Waals surface area contributed by atoms with Crippen LogP contribution in [0.25, 0.3) is 0 Å². The van der Waals surface area contributed by atoms with Crippen molar-refractivity contribution in [2.75, 3.05) is 0 Å². The molecular formula is C17H26Si. The summed E-state index contributed by atoms with van der Waals surface area (Å²) in [5, 5.41) is 0. The van der Waals surface area contributed by atoms with Crippen LogP contribution < -0.4 is 0 Å². The summed E-state index contributed by atoms with van der Waals surface area (Å²) in [5.41, 5.74) is 6.02. The minimum atomic E-state index is -1.24. The van der Waals surface area contributed by atoms with Crippen molar-refractivity contribution in [2.24, 2.45) is 0 Å². The van der Waals surface area contributed by atoms with Gasteiger partial charge in [-0.2, -0.15) is 0 Å². The molecule has 0 saturated heterocycles. The maximum Gasteiger partial charge on any atom is 0.129 e. The molecule has 0 amide bonds. The Hall–Kier alpha value is -1.00. The number of benzene rings is 1. The van der Waals surface area contributed by atoms with Crippen molar-refractivity contribution in [1.82, 2.24) is 0 Å². The van der Waals surface area contributed by atoms with Gasteiger partial charge in [0.15, 0.2) is 0 Å². The van der Waals surface area contributed by atoms with E-state index in [0.717, 1.165) is 5.56 Å². The molecule has 1 rings (SSSR count). The average molecular weight is 258 g/mol. The molecule has 0 fully saturated rings. The minimum Gasteiger partial charge on any atom is -0.127 e. The summed E-state index contributed by atoms with van der Waals surface area (Å²) in [5.74, 6) is 3.30. The summed E-state index contributed by atoms with van der Waals surface area (Å²) >= 11 is 0. The zero-order valence-electron chi connectivity index (χ0n) is 12.3. The summed E-state index contributed by atoms with van der Waals surface area (Å²) in [4.78, 5) is 0. The Bertz CT molecular complexity index is 398. The topological polar surface area (TPSA) is 0 Å². The monoisotopic (exact) mass is 258 g/mol. The van der Waals surface area contributed by atoms with Crippen LogP contribution in [0.4, 0.5) is 0 Å². The summed E-state index contributed by atoms with van der Waals surface area (Å²) in [6.07, 6.45) is 6.55. The summed E-state index contributed by atoms with van der Waals surface area (Å²) in [6, 6.07) is 8.81. The Balaban J connectivity index is 2.49. The molecule has 0 aliphatic carbocycles. The fourth-order valence-corrected chi connectivity index (χ4v) is 2.29. The number of hydrogen-bond donors (Lipinski definition) is 0. The first-order valence-electron chi connectivity index (χ1n) is 7.13. The highest BCUT2D eigenvalue weighted by Gasteiger charge is 2.07. The van der Waals surface area contributed by atoms with E-state index in [-0.39, 0.29) is 0 Å². The molecule has 98 valence electrons. The predicted molar refractivity (Wildman–Crippen MR) is 84.5 cm³/mol. The molecule has 0 atom stereocenters. The van der Waals surface area contributed by atoms with Crippen molar-refractivity contribution in [2.45, 2.75) is 58.7 Å². The van der Waals surface area contributed by atoms with E-state index in [1.807, 2.05) is 0 Å². The molecule has 0 saturated carbocycles. The third-order valence-corrected chi connectivity index (χ3v) is 3.73. The van der Waals surface area contributed by atoms with Crippen LogP contribution in [0.2, 0.25) is 19.6 Å². The van der Waals surface area contributed by atoms with Crippen LogP contribution in [0.5, 0.6) is 0 Å². The summed E-state index contributed by atoms with van der Waals surface area (Å²) in [6.45, 7) is 9.10. The fourth-order valence-electron chi connectivity index (χ4n) is 1.77. The third kappa shape index (κ3) is 6.66. The highest BCUT2D eigenvalue weighted by molar-refractivity contribution is 6.83. The van der Waals surface area contributed by atoms with E-state index in [0.29, 0.717) is 0 Å². The first-order chi connectivity index (χ1) is 8.51. The Morgan fingerprint density at radius 1 is 0.944 bits per heavy atom. The van der Waals surface area contributed by atoms with Gasteiger partial charge in [-0.1, -0.05) is 63.9 Å². The Labute approximate surface area is 114 Å². The Kier molecular flexibility index (Phi) is 6.22. The third-order valence-electron chi connectivity index (χ3n) is 2.85. The lowest BCUT2D eigenvalue weighted by Gasteiger charge is -2.04. The largest absolute Gasteiger partial charge is 0.129 e. The molecule has 0 N–H and O–H groups in total. The molecule has 18 heavy (non-hydrogen) atoms. The molecule has 1 heteroatoms. The first-order valence-corrected chi connectivity index (χ1v) is 10.6. The normalized spacial score (nSPS) is 10.9. The fraction of sp³-hybridized carbons (Fsp3) is 0.529. The van der Waals surface area contributed by atoms with E-state index in [9.17, 15) is 0 Å². The van der Waals surface area contributed by atoms with E-state index in [1.165, 1.54) is 37.7 Å². The molecule has 0 radical (unpaired) electrons. The van der Waals surface area contributed by atoms with Crippen LogP contribution in [-0.4, -0.2) is 8.07 Å². The molecule has 0 aliphatic rings. The standard InChI is InChI=1S/C17H26Si/c1-5-6-7-8-9-16-10-12-17(13-11-16)14-15-18(2,3)4/h10-13H,5-9H2,1-4H3. The molecule has 0 aliphatic heterocycles. The smallest absolute Gasteiger partial charge is 0.127 e. The van der Waals surface area contributed by atoms with E-state index < -0.39 is 8.07 Å². The van der Waals surface area contributed by atoms with Crippen molar-refractivity contribution < 1.29 is 0 Å². The molecule has 0 nitrogen and oxygen atoms in total. The van der Waals surface area contributed by atoms with Gasteiger partial charge in [0.25, 0.3) is 0 Å². The lowest BCUT2D eigenvalue weighted by atomic mass is 10.0. The second-order valence-electron chi connectivity index (χ2n) is 6.01. The molecule has 1 aromatic carbocycles. The Morgan fingerprint density at radius 2 is 1.61 bits per heavy atom. The minimum absolute atomic E-state index is 1.16. The van der Waals surface area contributed by atoms with Crippen LogP contribution >= 0.6 is 0 Å². The van der Waals surface area contributed by atoms with E-state index in [4.69, 9.17) is 0 Å². The van der Waals surface area contributed by atoms with E-state index in [1.54, 1.807) is 0 Å². The van der Waals surface area contributed by atoms with Gasteiger partial charge in [-0.15, -0.1) is 5.54 Å². The quantitative estimate of drug-likeness (QED) is 0.394. The summed E-state index contributed by atoms with van der Waals surface area (Å²) < 4.78 is 0. The van der Waals surface area contributed by atoms with Gasteiger partial charge in [0.05, 0.1) is 0 Å². The van der Waals surface area contributed by atoms with E-state index in [2.05, 4.69) is 62.3 Å². The molecule has 0 bridgehead atoms. The summed E-state index contributed by atoms with van der Waals surface area (Å²) in [7, 11) is -1.24. The van der Waals surface area contributed by atoms with Crippen LogP contribution in [0.1, 0.15) is 43.7 Å². The van der Waals surface area contributed by atoms with Crippen LogP contribution in [0, 0.1) is 11.5 Å². The van der Waals surface area contributed by atoms with Crippen molar-refractivity contribution in [3.05, 3.63) is 35.4 Å². The van der Waals surface area contributed by atoms with Gasteiger partial charge in [0.2, 0.25) is 0 Å². The van der Waals surface area contributed by atoms with Crippen LogP contribution in [0.15, 0.2) is 24.3 Å². The van der Waals surface area contributed by atoms with E-state index >= 15 is 0 Å². The second-order valence-corrected chi connectivity index (χ2v) is 10.8. The van der Waals surface area contributed by atoms with Crippen molar-refractivity contribution in [1.29, 1.82) is 0 Å². The van der Waals surface area contributed by atoms with Crippen molar-refractivity contribution >= 4 is 8.07 Å². The lowest BCUT2D eigenvalue weighted by molar-refractivity contribution is 0.667. The molecule has 0 unspecified atom stereocenters. The van der Waals surface area contributed by atoms with Gasteiger partial charge in [0, 0.05) is 5.56 Å². The average Bonchev–Trinajstić information content (AvgIpc) is 2.33. The van der Waals surface area contributed by atoms with Crippen molar-refractivity contribution in [3.8, 4) is 11.5 Å². The highest BCUT2D eigenvalue weighted by Crippen LogP contribution is 2.09. The number of hydrogen-bond acceptors (Lipinski definition) is 0. The van der Waals surface area contributed by atoms with Crippen LogP contribution in [0.3, 0.4) is 0 Å². The van der Waals surface area contributed by atoms with Gasteiger partial charge in [0.1, 0.15) is 8.07 Å². The molecule has 0 aromatic heterocycles. The zero-order valence-corrected chi connectivity index (χ0v) is 13.3. The predicted octanol–water partition coefficient (Wildman–Crippen LogP) is 5.04. The highest BCUT2D eigenvalue weighted by atomic mass is 28.3. The molecule has 0 heterocycles. The number of aryl methyl sites for hydroxylation is 1. The first kappa shape index (κ1) is 15.1. The van der Waals surface area contributed by atoms with Crippen molar-refractivity contribution in [3.63, 3.8) is 0 Å². The van der Waals surface area contributed by atoms with Crippen LogP contribution in [-0.2, 0) is 6.42 Å². The maximum atomic E-state index is 3.41. The van der Waals surface area contributed by atoms with Gasteiger partial charge < -0.3 is 0 Å². The number of rotatable bonds is 5. The SMILES string of the molecule is CCCCCCc1ccc(C#C[Si](C)(C)C)cc1. The molecule has 1 aromatic rings. The zero-order chi connectivity index (χ0) is 13.4. The van der Waals surface area contributed by atoms with Gasteiger partial charge >= 0.3 is 0 Å². The Morgan fingerprint density at radius 3 is 2.17 bits per heavy atom. The second kappa shape index (κ2) is 7.44. The maximum absolute atomic E-state index is 3.41.